The number of nitrogens with zero attached hydrogens (tertiary/aromatic N) is 2. The molecule has 2 amide bonds. The summed E-state index contributed by atoms with van der Waals surface area (Å²) in [7, 11) is 0. The van der Waals surface area contributed by atoms with Gasteiger partial charge < -0.3 is 4.74 Å². The van der Waals surface area contributed by atoms with Gasteiger partial charge in [-0.05, 0) is 41.8 Å². The molecule has 2 aromatic carbocycles. The quantitative estimate of drug-likeness (QED) is 0.271. The van der Waals surface area contributed by atoms with E-state index in [4.69, 9.17) is 16.3 Å². The summed E-state index contributed by atoms with van der Waals surface area (Å²) in [5.74, 6) is -1.62. The molecular weight excluding hydrogens is 468 g/mol. The van der Waals surface area contributed by atoms with Crippen LogP contribution in [0.1, 0.15) is 36.8 Å². The maximum absolute atomic E-state index is 12.9. The molecule has 32 heavy (non-hydrogen) atoms. The van der Waals surface area contributed by atoms with Crippen LogP contribution in [-0.2, 0) is 11.3 Å². The van der Waals surface area contributed by atoms with Gasteiger partial charge in [0.1, 0.15) is 11.6 Å². The smallest absolute Gasteiger partial charge is 0.338 e. The number of imide groups is 1. The van der Waals surface area contributed by atoms with Gasteiger partial charge in [-0.3, -0.25) is 9.59 Å². The van der Waals surface area contributed by atoms with Crippen molar-refractivity contribution in [2.75, 3.05) is 4.90 Å². The summed E-state index contributed by atoms with van der Waals surface area (Å²) in [6.07, 6.45) is 0. The van der Waals surface area contributed by atoms with Gasteiger partial charge in [-0.2, -0.15) is 11.3 Å². The van der Waals surface area contributed by atoms with Gasteiger partial charge in [0, 0.05) is 16.3 Å². The number of carbonyl (C=O) groups is 3. The number of carbonyl (C=O) groups excluding carboxylic acids is 3. The minimum Gasteiger partial charge on any atom is -0.456 e. The first-order chi connectivity index (χ1) is 15.5. The van der Waals surface area contributed by atoms with E-state index in [-0.39, 0.29) is 28.3 Å². The van der Waals surface area contributed by atoms with Crippen molar-refractivity contribution in [2.24, 2.45) is 0 Å². The molecule has 9 heteroatoms. The molecule has 0 radical (unpaired) electrons. The summed E-state index contributed by atoms with van der Waals surface area (Å²) < 4.78 is 5.37. The van der Waals surface area contributed by atoms with E-state index in [1.165, 1.54) is 29.5 Å². The molecule has 0 N–H and O–H groups in total. The SMILES string of the molecule is O=C(OCc1csc(-c2ccsc2)n1)c1ccc2c(c1)C(=O)N(c1ccccc1Cl)C2=O. The van der Waals surface area contributed by atoms with E-state index >= 15 is 0 Å². The summed E-state index contributed by atoms with van der Waals surface area (Å²) >= 11 is 9.23. The van der Waals surface area contributed by atoms with Crippen molar-refractivity contribution in [3.8, 4) is 10.6 Å². The highest BCUT2D eigenvalue weighted by Gasteiger charge is 2.38. The molecule has 0 saturated carbocycles. The Labute approximate surface area is 195 Å². The van der Waals surface area contributed by atoms with Crippen LogP contribution in [0.2, 0.25) is 5.02 Å². The van der Waals surface area contributed by atoms with Gasteiger partial charge in [0.05, 0.1) is 33.1 Å². The Kier molecular flexibility index (Phi) is 5.34. The fourth-order valence-corrected chi connectivity index (χ4v) is 5.07. The van der Waals surface area contributed by atoms with Crippen molar-refractivity contribution < 1.29 is 19.1 Å². The Bertz CT molecular complexity index is 1360. The van der Waals surface area contributed by atoms with Crippen molar-refractivity contribution in [2.45, 2.75) is 6.61 Å². The van der Waals surface area contributed by atoms with E-state index in [0.29, 0.717) is 11.4 Å². The zero-order valence-electron chi connectivity index (χ0n) is 16.3. The molecule has 0 atom stereocenters. The van der Waals surface area contributed by atoms with Crippen LogP contribution < -0.4 is 4.90 Å². The van der Waals surface area contributed by atoms with Gasteiger partial charge in [-0.15, -0.1) is 11.3 Å². The number of aromatic nitrogens is 1. The zero-order valence-corrected chi connectivity index (χ0v) is 18.7. The Morgan fingerprint density at radius 3 is 2.62 bits per heavy atom. The number of hydrogen-bond acceptors (Lipinski definition) is 7. The lowest BCUT2D eigenvalue weighted by Crippen LogP contribution is -2.29. The van der Waals surface area contributed by atoms with Gasteiger partial charge >= 0.3 is 5.97 Å². The van der Waals surface area contributed by atoms with Crippen molar-refractivity contribution in [1.29, 1.82) is 0 Å². The minimum absolute atomic E-state index is 0.00911. The van der Waals surface area contributed by atoms with Crippen LogP contribution in [0.4, 0.5) is 5.69 Å². The van der Waals surface area contributed by atoms with Crippen LogP contribution in [0.5, 0.6) is 0 Å². The summed E-state index contributed by atoms with van der Waals surface area (Å²) in [5.41, 5.74) is 2.50. The lowest BCUT2D eigenvalue weighted by Gasteiger charge is -2.15. The topological polar surface area (TPSA) is 76.6 Å². The first-order valence-electron chi connectivity index (χ1n) is 9.44. The highest BCUT2D eigenvalue weighted by Crippen LogP contribution is 2.33. The molecule has 0 fully saturated rings. The largest absolute Gasteiger partial charge is 0.456 e. The van der Waals surface area contributed by atoms with Gasteiger partial charge in [-0.25, -0.2) is 14.7 Å². The molecule has 5 rings (SSSR count). The van der Waals surface area contributed by atoms with Gasteiger partial charge in [0.25, 0.3) is 11.8 Å². The lowest BCUT2D eigenvalue weighted by molar-refractivity contribution is 0.0468. The van der Waals surface area contributed by atoms with Crippen LogP contribution in [0.15, 0.2) is 64.7 Å². The molecular formula is C23H13ClN2O4S2. The highest BCUT2D eigenvalue weighted by atomic mass is 35.5. The van der Waals surface area contributed by atoms with Crippen LogP contribution in [0.3, 0.4) is 0 Å². The van der Waals surface area contributed by atoms with E-state index in [1.807, 2.05) is 22.2 Å². The number of thiazole rings is 1. The number of hydrogen-bond donors (Lipinski definition) is 0. The number of halogens is 1. The molecule has 4 aromatic rings. The normalized spacial score (nSPS) is 12.8. The van der Waals surface area contributed by atoms with Crippen LogP contribution in [0.25, 0.3) is 10.6 Å². The molecule has 2 aromatic heterocycles. The monoisotopic (exact) mass is 480 g/mol. The third-order valence-electron chi connectivity index (χ3n) is 4.89. The number of thiophene rings is 1. The standard InChI is InChI=1S/C23H13ClN2O4S2/c24-18-3-1-2-4-19(18)26-21(27)16-6-5-13(9-17(16)22(26)28)23(29)30-10-15-12-32-20(25-15)14-7-8-31-11-14/h1-9,11-12H,10H2. The maximum atomic E-state index is 12.9. The summed E-state index contributed by atoms with van der Waals surface area (Å²) in [4.78, 5) is 43.8. The highest BCUT2D eigenvalue weighted by molar-refractivity contribution is 7.14. The van der Waals surface area contributed by atoms with Crippen LogP contribution >= 0.6 is 34.3 Å². The first-order valence-corrected chi connectivity index (χ1v) is 11.6. The second kappa shape index (κ2) is 8.31. The Morgan fingerprint density at radius 1 is 1.03 bits per heavy atom. The van der Waals surface area contributed by atoms with Crippen LogP contribution in [-0.4, -0.2) is 22.8 Å². The fourth-order valence-electron chi connectivity index (χ4n) is 3.33. The second-order valence-corrected chi connectivity index (χ2v) is 8.93. The maximum Gasteiger partial charge on any atom is 0.338 e. The first kappa shape index (κ1) is 20.6. The lowest BCUT2D eigenvalue weighted by atomic mass is 10.1. The average Bonchev–Trinajstić information content (AvgIpc) is 3.54. The number of esters is 1. The second-order valence-electron chi connectivity index (χ2n) is 6.89. The van der Waals surface area contributed by atoms with Crippen molar-refractivity contribution >= 4 is 57.7 Å². The van der Waals surface area contributed by atoms with E-state index in [2.05, 4.69) is 4.98 Å². The van der Waals surface area contributed by atoms with Gasteiger partial charge in [-0.1, -0.05) is 23.7 Å². The molecule has 0 spiro atoms. The summed E-state index contributed by atoms with van der Waals surface area (Å²) in [5, 5.41) is 6.96. The van der Waals surface area contributed by atoms with E-state index < -0.39 is 17.8 Å². The Balaban J connectivity index is 1.33. The number of ether oxygens (including phenoxy) is 1. The summed E-state index contributed by atoms with van der Waals surface area (Å²) in [6, 6.07) is 12.9. The number of amides is 2. The van der Waals surface area contributed by atoms with Crippen molar-refractivity contribution in [3.05, 3.63) is 92.1 Å². The fraction of sp³-hybridized carbons (Fsp3) is 0.0435. The predicted molar refractivity (Wildman–Crippen MR) is 124 cm³/mol. The predicted octanol–water partition coefficient (Wildman–Crippen LogP) is 5.68. The van der Waals surface area contributed by atoms with Crippen molar-refractivity contribution in [1.82, 2.24) is 4.98 Å². The number of benzene rings is 2. The molecule has 0 saturated heterocycles. The van der Waals surface area contributed by atoms with Gasteiger partial charge in [0.15, 0.2) is 0 Å². The Hall–Kier alpha value is -3.33. The van der Waals surface area contributed by atoms with Crippen LogP contribution in [0, 0.1) is 0 Å². The Morgan fingerprint density at radius 2 is 1.84 bits per heavy atom. The number of anilines is 1. The molecule has 158 valence electrons. The molecule has 0 unspecified atom stereocenters. The molecule has 1 aliphatic heterocycles. The minimum atomic E-state index is -0.602. The average molecular weight is 481 g/mol. The number of rotatable bonds is 5. The van der Waals surface area contributed by atoms with E-state index in [0.717, 1.165) is 15.5 Å². The number of para-hydroxylation sites is 1. The third-order valence-corrected chi connectivity index (χ3v) is 6.83. The molecule has 3 heterocycles. The van der Waals surface area contributed by atoms with E-state index in [9.17, 15) is 14.4 Å². The molecule has 0 aliphatic carbocycles. The number of fused-ring (bicyclic) bond motifs is 1. The summed E-state index contributed by atoms with van der Waals surface area (Å²) in [6.45, 7) is 0.00911. The zero-order chi connectivity index (χ0) is 22.2. The van der Waals surface area contributed by atoms with Crippen molar-refractivity contribution in [3.63, 3.8) is 0 Å². The molecule has 0 bridgehead atoms. The van der Waals surface area contributed by atoms with E-state index in [1.54, 1.807) is 35.6 Å². The third kappa shape index (κ3) is 3.62. The molecule has 1 aliphatic rings. The van der Waals surface area contributed by atoms with Gasteiger partial charge in [0.2, 0.25) is 0 Å². The molecule has 6 nitrogen and oxygen atoms in total.